The van der Waals surface area contributed by atoms with Crippen molar-refractivity contribution in [1.82, 2.24) is 10.2 Å². The van der Waals surface area contributed by atoms with Crippen LogP contribution in [-0.4, -0.2) is 50.3 Å². The summed E-state index contributed by atoms with van der Waals surface area (Å²) in [6.07, 6.45) is 11.6. The van der Waals surface area contributed by atoms with E-state index in [9.17, 15) is 0 Å². The van der Waals surface area contributed by atoms with Gasteiger partial charge in [0.25, 0.3) is 0 Å². The Morgan fingerprint density at radius 3 is 2.52 bits per heavy atom. The number of ether oxygens (including phenoxy) is 1. The zero-order chi connectivity index (χ0) is 14.5. The maximum Gasteiger partial charge on any atom is 0.0623 e. The van der Waals surface area contributed by atoms with Crippen LogP contribution < -0.4 is 5.32 Å². The Morgan fingerprint density at radius 1 is 1.05 bits per heavy atom. The smallest absolute Gasteiger partial charge is 0.0623 e. The van der Waals surface area contributed by atoms with Gasteiger partial charge in [-0.25, -0.2) is 0 Å². The summed E-state index contributed by atoms with van der Waals surface area (Å²) in [5.41, 5.74) is 0.737. The molecule has 21 heavy (non-hydrogen) atoms. The van der Waals surface area contributed by atoms with Crippen molar-refractivity contribution in [3.63, 3.8) is 0 Å². The number of nitrogens with one attached hydrogen (secondary N) is 1. The third-order valence-electron chi connectivity index (χ3n) is 6.18. The second kappa shape index (κ2) is 7.43. The van der Waals surface area contributed by atoms with Gasteiger partial charge < -0.3 is 15.0 Å². The number of likely N-dealkylation sites (tertiary alicyclic amines) is 1. The van der Waals surface area contributed by atoms with Gasteiger partial charge >= 0.3 is 0 Å². The minimum Gasteiger partial charge on any atom is -0.379 e. The molecule has 3 nitrogen and oxygen atoms in total. The largest absolute Gasteiger partial charge is 0.379 e. The van der Waals surface area contributed by atoms with Gasteiger partial charge in [-0.05, 0) is 57.2 Å². The Morgan fingerprint density at radius 2 is 1.81 bits per heavy atom. The van der Waals surface area contributed by atoms with Crippen molar-refractivity contribution < 1.29 is 4.74 Å². The third kappa shape index (κ3) is 4.00. The van der Waals surface area contributed by atoms with Crippen molar-refractivity contribution in [2.75, 3.05) is 39.4 Å². The highest BCUT2D eigenvalue weighted by Gasteiger charge is 2.37. The van der Waals surface area contributed by atoms with Gasteiger partial charge in [0.05, 0.1) is 13.2 Å². The Bertz CT molecular complexity index is 304. The van der Waals surface area contributed by atoms with Crippen LogP contribution in [0.5, 0.6) is 0 Å². The van der Waals surface area contributed by atoms with E-state index in [4.69, 9.17) is 4.74 Å². The highest BCUT2D eigenvalue weighted by molar-refractivity contribution is 4.90. The molecule has 1 aliphatic carbocycles. The summed E-state index contributed by atoms with van der Waals surface area (Å²) in [6, 6.07) is 0.593. The topological polar surface area (TPSA) is 24.5 Å². The number of rotatable bonds is 5. The molecule has 3 aliphatic rings. The third-order valence-corrected chi connectivity index (χ3v) is 6.18. The zero-order valence-electron chi connectivity index (χ0n) is 13.9. The molecule has 2 atom stereocenters. The molecule has 0 aromatic carbocycles. The van der Waals surface area contributed by atoms with Crippen molar-refractivity contribution in [1.29, 1.82) is 0 Å². The van der Waals surface area contributed by atoms with Gasteiger partial charge in [0.1, 0.15) is 0 Å². The Labute approximate surface area is 130 Å². The minimum atomic E-state index is 0.593. The molecule has 122 valence electrons. The molecule has 1 N–H and O–H groups in total. The average molecular weight is 294 g/mol. The van der Waals surface area contributed by atoms with Gasteiger partial charge in [-0.1, -0.05) is 26.2 Å². The molecule has 0 amide bonds. The quantitative estimate of drug-likeness (QED) is 0.843. The first-order valence-electron chi connectivity index (χ1n) is 9.35. The Balaban J connectivity index is 1.44. The number of hydrogen-bond donors (Lipinski definition) is 1. The molecule has 0 bridgehead atoms. The predicted octanol–water partition coefficient (Wildman–Crippen LogP) is 3.05. The van der Waals surface area contributed by atoms with Crippen LogP contribution in [0.4, 0.5) is 0 Å². The summed E-state index contributed by atoms with van der Waals surface area (Å²) < 4.78 is 5.73. The molecular weight excluding hydrogens is 260 g/mol. The first-order chi connectivity index (χ1) is 10.3. The molecule has 0 aromatic heterocycles. The van der Waals surface area contributed by atoms with E-state index in [1.807, 2.05) is 0 Å². The fraction of sp³-hybridized carbons (Fsp3) is 1.00. The van der Waals surface area contributed by atoms with E-state index in [2.05, 4.69) is 17.1 Å². The van der Waals surface area contributed by atoms with E-state index in [1.54, 1.807) is 0 Å². The van der Waals surface area contributed by atoms with Gasteiger partial charge in [0.15, 0.2) is 0 Å². The second-order valence-electron chi connectivity index (χ2n) is 7.72. The zero-order valence-corrected chi connectivity index (χ0v) is 13.9. The SMILES string of the molecule is CCCNC1COCC1CN1CCC2(CCCCC2)CC1. The lowest BCUT2D eigenvalue weighted by atomic mass is 9.68. The maximum absolute atomic E-state index is 5.73. The van der Waals surface area contributed by atoms with Crippen LogP contribution in [0.1, 0.15) is 58.3 Å². The van der Waals surface area contributed by atoms with Crippen LogP contribution in [0.3, 0.4) is 0 Å². The number of hydrogen-bond acceptors (Lipinski definition) is 3. The van der Waals surface area contributed by atoms with Gasteiger partial charge in [0, 0.05) is 18.5 Å². The van der Waals surface area contributed by atoms with Crippen LogP contribution in [0.2, 0.25) is 0 Å². The summed E-state index contributed by atoms with van der Waals surface area (Å²) >= 11 is 0. The van der Waals surface area contributed by atoms with E-state index >= 15 is 0 Å². The normalized spacial score (nSPS) is 33.6. The van der Waals surface area contributed by atoms with E-state index in [0.717, 1.165) is 25.2 Å². The van der Waals surface area contributed by atoms with Gasteiger partial charge in [0.2, 0.25) is 0 Å². The molecule has 2 aliphatic heterocycles. The molecular formula is C18H34N2O. The molecule has 2 saturated heterocycles. The second-order valence-corrected chi connectivity index (χ2v) is 7.72. The molecule has 3 heteroatoms. The predicted molar refractivity (Wildman–Crippen MR) is 87.6 cm³/mol. The summed E-state index contributed by atoms with van der Waals surface area (Å²) in [5.74, 6) is 0.706. The number of nitrogens with zero attached hydrogens (tertiary/aromatic N) is 1. The summed E-state index contributed by atoms with van der Waals surface area (Å²) in [4.78, 5) is 2.72. The van der Waals surface area contributed by atoms with Crippen molar-refractivity contribution >= 4 is 0 Å². The van der Waals surface area contributed by atoms with Crippen LogP contribution in [0.25, 0.3) is 0 Å². The summed E-state index contributed by atoms with van der Waals surface area (Å²) in [6.45, 7) is 9.16. The summed E-state index contributed by atoms with van der Waals surface area (Å²) in [5, 5.41) is 3.68. The van der Waals surface area contributed by atoms with E-state index < -0.39 is 0 Å². The van der Waals surface area contributed by atoms with Crippen LogP contribution in [0, 0.1) is 11.3 Å². The molecule has 3 rings (SSSR count). The molecule has 1 spiro atoms. The lowest BCUT2D eigenvalue weighted by Crippen LogP contribution is -2.46. The minimum absolute atomic E-state index is 0.593. The van der Waals surface area contributed by atoms with Crippen LogP contribution >= 0.6 is 0 Å². The van der Waals surface area contributed by atoms with Crippen molar-refractivity contribution in [2.45, 2.75) is 64.3 Å². The molecule has 3 fully saturated rings. The molecule has 2 heterocycles. The lowest BCUT2D eigenvalue weighted by Gasteiger charge is -2.45. The van der Waals surface area contributed by atoms with Gasteiger partial charge in [-0.3, -0.25) is 0 Å². The van der Waals surface area contributed by atoms with E-state index in [0.29, 0.717) is 12.0 Å². The maximum atomic E-state index is 5.73. The van der Waals surface area contributed by atoms with Crippen molar-refractivity contribution in [3.05, 3.63) is 0 Å². The standard InChI is InChI=1S/C18H34N2O/c1-2-10-19-17-15-21-14-16(17)13-20-11-8-18(9-12-20)6-4-3-5-7-18/h16-17,19H,2-15H2,1H3. The highest BCUT2D eigenvalue weighted by atomic mass is 16.5. The van der Waals surface area contributed by atoms with Crippen LogP contribution in [0.15, 0.2) is 0 Å². The first kappa shape index (κ1) is 15.8. The van der Waals surface area contributed by atoms with Crippen molar-refractivity contribution in [3.8, 4) is 0 Å². The molecule has 0 radical (unpaired) electrons. The Kier molecular flexibility index (Phi) is 5.58. The average Bonchev–Trinajstić information content (AvgIpc) is 2.96. The van der Waals surface area contributed by atoms with Crippen molar-refractivity contribution in [2.24, 2.45) is 11.3 Å². The number of piperidine rings is 1. The summed E-state index contributed by atoms with van der Waals surface area (Å²) in [7, 11) is 0. The fourth-order valence-corrected chi connectivity index (χ4v) is 4.68. The molecule has 1 saturated carbocycles. The van der Waals surface area contributed by atoms with Gasteiger partial charge in [-0.15, -0.1) is 0 Å². The lowest BCUT2D eigenvalue weighted by molar-refractivity contribution is 0.0567. The molecule has 2 unspecified atom stereocenters. The first-order valence-corrected chi connectivity index (χ1v) is 9.35. The van der Waals surface area contributed by atoms with E-state index in [1.165, 1.54) is 71.0 Å². The monoisotopic (exact) mass is 294 g/mol. The van der Waals surface area contributed by atoms with Crippen LogP contribution in [-0.2, 0) is 4.74 Å². The van der Waals surface area contributed by atoms with E-state index in [-0.39, 0.29) is 0 Å². The highest BCUT2D eigenvalue weighted by Crippen LogP contribution is 2.44. The van der Waals surface area contributed by atoms with Gasteiger partial charge in [-0.2, -0.15) is 0 Å². The molecule has 0 aromatic rings. The Hall–Kier alpha value is -0.120. The fourth-order valence-electron chi connectivity index (χ4n) is 4.68.